The zero-order valence-electron chi connectivity index (χ0n) is 10.6. The highest BCUT2D eigenvalue weighted by Crippen LogP contribution is 2.23. The summed E-state index contributed by atoms with van der Waals surface area (Å²) < 4.78 is 0. The maximum atomic E-state index is 12.0. The van der Waals surface area contributed by atoms with Gasteiger partial charge in [-0.2, -0.15) is 0 Å². The first-order chi connectivity index (χ1) is 9.58. The molecule has 0 aromatic heterocycles. The van der Waals surface area contributed by atoms with Crippen LogP contribution in [-0.2, 0) is 15.3 Å². The Bertz CT molecular complexity index is 495. The Morgan fingerprint density at radius 1 is 1.40 bits per heavy atom. The molecule has 1 aromatic rings. The summed E-state index contributed by atoms with van der Waals surface area (Å²) in [7, 11) is 0. The third-order valence-electron chi connectivity index (χ3n) is 2.90. The van der Waals surface area contributed by atoms with Crippen LogP contribution in [0.2, 0.25) is 5.02 Å². The number of carboxylic acid groups (broad SMARTS) is 1. The quantitative estimate of drug-likeness (QED) is 0.898. The molecule has 2 rings (SSSR count). The molecule has 1 atom stereocenters. The van der Waals surface area contributed by atoms with E-state index in [0.29, 0.717) is 28.2 Å². The van der Waals surface area contributed by atoms with Crippen LogP contribution in [-0.4, -0.2) is 45.3 Å². The second-order valence-electron chi connectivity index (χ2n) is 4.34. The highest BCUT2D eigenvalue weighted by atomic mass is 35.5. The normalized spacial score (nSPS) is 18.2. The van der Waals surface area contributed by atoms with Crippen molar-refractivity contribution >= 4 is 47.0 Å². The lowest BCUT2D eigenvalue weighted by atomic mass is 10.2. The smallest absolute Gasteiger partial charge is 0.327 e. The van der Waals surface area contributed by atoms with Crippen molar-refractivity contribution in [3.8, 4) is 0 Å². The maximum absolute atomic E-state index is 12.0. The number of nitrogens with zero attached hydrogens (tertiary/aromatic N) is 1. The summed E-state index contributed by atoms with van der Waals surface area (Å²) in [5, 5.41) is 9.72. The Morgan fingerprint density at radius 2 is 2.10 bits per heavy atom. The Balaban J connectivity index is 1.80. The third-order valence-corrected chi connectivity index (χ3v) is 5.15. The SMILES string of the molecule is O=C(O)C1CSCN1C(=O)CSCc1ccc(Cl)cc1. The first kappa shape index (κ1) is 15.5. The molecule has 1 N–H and O–H groups in total. The number of thioether (sulfide) groups is 2. The molecule has 1 saturated heterocycles. The molecule has 1 fully saturated rings. The van der Waals surface area contributed by atoms with Gasteiger partial charge in [0.05, 0.1) is 11.6 Å². The number of hydrogen-bond acceptors (Lipinski definition) is 4. The van der Waals surface area contributed by atoms with Gasteiger partial charge in [0.25, 0.3) is 0 Å². The molecule has 0 spiro atoms. The van der Waals surface area contributed by atoms with Crippen molar-refractivity contribution in [3.05, 3.63) is 34.9 Å². The highest BCUT2D eigenvalue weighted by Gasteiger charge is 2.34. The van der Waals surface area contributed by atoms with Gasteiger partial charge in [-0.3, -0.25) is 4.79 Å². The molecule has 108 valence electrons. The summed E-state index contributed by atoms with van der Waals surface area (Å²) in [5.41, 5.74) is 1.10. The molecule has 1 amide bonds. The fraction of sp³-hybridized carbons (Fsp3) is 0.385. The number of rotatable bonds is 5. The van der Waals surface area contributed by atoms with E-state index in [1.165, 1.54) is 28.4 Å². The molecule has 0 saturated carbocycles. The molecule has 1 heterocycles. The van der Waals surface area contributed by atoms with Gasteiger partial charge < -0.3 is 10.0 Å². The van der Waals surface area contributed by atoms with E-state index >= 15 is 0 Å². The third kappa shape index (κ3) is 4.07. The monoisotopic (exact) mass is 331 g/mol. The van der Waals surface area contributed by atoms with Crippen LogP contribution in [0.5, 0.6) is 0 Å². The van der Waals surface area contributed by atoms with Crippen molar-refractivity contribution in [3.63, 3.8) is 0 Å². The van der Waals surface area contributed by atoms with Crippen LogP contribution < -0.4 is 0 Å². The van der Waals surface area contributed by atoms with Gasteiger partial charge in [-0.15, -0.1) is 23.5 Å². The Labute approximate surface area is 130 Å². The Kier molecular flexibility index (Phi) is 5.63. The van der Waals surface area contributed by atoms with Gasteiger partial charge in [0.1, 0.15) is 6.04 Å². The van der Waals surface area contributed by atoms with Crippen molar-refractivity contribution in [2.75, 3.05) is 17.4 Å². The number of carboxylic acids is 1. The molecular formula is C13H14ClNO3S2. The highest BCUT2D eigenvalue weighted by molar-refractivity contribution is 7.99. The average Bonchev–Trinajstić information content (AvgIpc) is 2.90. The van der Waals surface area contributed by atoms with Gasteiger partial charge in [0.15, 0.2) is 0 Å². The fourth-order valence-electron chi connectivity index (χ4n) is 1.81. The van der Waals surface area contributed by atoms with Gasteiger partial charge in [-0.05, 0) is 17.7 Å². The van der Waals surface area contributed by atoms with Gasteiger partial charge >= 0.3 is 5.97 Å². The number of carbonyl (C=O) groups excluding carboxylic acids is 1. The molecular weight excluding hydrogens is 318 g/mol. The first-order valence-electron chi connectivity index (χ1n) is 6.00. The summed E-state index contributed by atoms with van der Waals surface area (Å²) >= 11 is 8.77. The number of amides is 1. The summed E-state index contributed by atoms with van der Waals surface area (Å²) in [4.78, 5) is 24.5. The molecule has 7 heteroatoms. The summed E-state index contributed by atoms with van der Waals surface area (Å²) in [6, 6.07) is 6.80. The van der Waals surface area contributed by atoms with E-state index in [-0.39, 0.29) is 5.91 Å². The second kappa shape index (κ2) is 7.24. The van der Waals surface area contributed by atoms with E-state index < -0.39 is 12.0 Å². The van der Waals surface area contributed by atoms with Gasteiger partial charge in [-0.1, -0.05) is 23.7 Å². The van der Waals surface area contributed by atoms with Crippen LogP contribution >= 0.6 is 35.1 Å². The van der Waals surface area contributed by atoms with Crippen LogP contribution in [0.1, 0.15) is 5.56 Å². The number of benzene rings is 1. The predicted octanol–water partition coefficient (Wildman–Crippen LogP) is 2.56. The number of aliphatic carboxylic acids is 1. The molecule has 0 aliphatic carbocycles. The van der Waals surface area contributed by atoms with E-state index in [2.05, 4.69) is 0 Å². The second-order valence-corrected chi connectivity index (χ2v) is 6.76. The van der Waals surface area contributed by atoms with Gasteiger partial charge in [-0.25, -0.2) is 4.79 Å². The van der Waals surface area contributed by atoms with Gasteiger partial charge in [0.2, 0.25) is 5.91 Å². The van der Waals surface area contributed by atoms with Crippen LogP contribution in [0.4, 0.5) is 0 Å². The topological polar surface area (TPSA) is 57.6 Å². The number of carbonyl (C=O) groups is 2. The van der Waals surface area contributed by atoms with E-state index in [0.717, 1.165) is 5.56 Å². The largest absolute Gasteiger partial charge is 0.480 e. The van der Waals surface area contributed by atoms with Gasteiger partial charge in [0, 0.05) is 16.5 Å². The summed E-state index contributed by atoms with van der Waals surface area (Å²) in [6.45, 7) is 0. The predicted molar refractivity (Wildman–Crippen MR) is 83.2 cm³/mol. The fourth-order valence-corrected chi connectivity index (χ4v) is 3.98. The molecule has 20 heavy (non-hydrogen) atoms. The van der Waals surface area contributed by atoms with Crippen LogP contribution in [0.3, 0.4) is 0 Å². The van der Waals surface area contributed by atoms with Crippen molar-refractivity contribution in [2.24, 2.45) is 0 Å². The van der Waals surface area contributed by atoms with E-state index in [4.69, 9.17) is 16.7 Å². The minimum Gasteiger partial charge on any atom is -0.480 e. The first-order valence-corrected chi connectivity index (χ1v) is 8.69. The van der Waals surface area contributed by atoms with Crippen molar-refractivity contribution < 1.29 is 14.7 Å². The molecule has 1 aliphatic rings. The van der Waals surface area contributed by atoms with E-state index in [1.807, 2.05) is 24.3 Å². The van der Waals surface area contributed by atoms with Crippen LogP contribution in [0, 0.1) is 0 Å². The molecule has 0 radical (unpaired) electrons. The molecule has 4 nitrogen and oxygen atoms in total. The zero-order valence-corrected chi connectivity index (χ0v) is 13.0. The zero-order chi connectivity index (χ0) is 14.5. The van der Waals surface area contributed by atoms with Crippen molar-refractivity contribution in [2.45, 2.75) is 11.8 Å². The minimum absolute atomic E-state index is 0.110. The van der Waals surface area contributed by atoms with Crippen molar-refractivity contribution in [1.82, 2.24) is 4.90 Å². The maximum Gasteiger partial charge on any atom is 0.327 e. The standard InChI is InChI=1S/C13H14ClNO3S2/c14-10-3-1-9(2-4-10)5-19-7-12(16)15-8-20-6-11(15)13(17)18/h1-4,11H,5-8H2,(H,17,18). The number of hydrogen-bond donors (Lipinski definition) is 1. The summed E-state index contributed by atoms with van der Waals surface area (Å²) in [5.74, 6) is 0.918. The van der Waals surface area contributed by atoms with E-state index in [9.17, 15) is 9.59 Å². The lowest BCUT2D eigenvalue weighted by molar-refractivity contribution is -0.146. The van der Waals surface area contributed by atoms with E-state index in [1.54, 1.807) is 0 Å². The molecule has 1 aromatic carbocycles. The molecule has 1 unspecified atom stereocenters. The summed E-state index contributed by atoms with van der Waals surface area (Å²) in [6.07, 6.45) is 0. The number of halogens is 1. The van der Waals surface area contributed by atoms with Crippen molar-refractivity contribution in [1.29, 1.82) is 0 Å². The Morgan fingerprint density at radius 3 is 2.75 bits per heavy atom. The van der Waals surface area contributed by atoms with Crippen LogP contribution in [0.15, 0.2) is 24.3 Å². The van der Waals surface area contributed by atoms with Crippen LogP contribution in [0.25, 0.3) is 0 Å². The molecule has 1 aliphatic heterocycles. The Hall–Kier alpha value is -0.850. The average molecular weight is 332 g/mol. The lowest BCUT2D eigenvalue weighted by Crippen LogP contribution is -2.42. The molecule has 0 bridgehead atoms. The lowest BCUT2D eigenvalue weighted by Gasteiger charge is -2.20. The minimum atomic E-state index is -0.925.